The molecule has 0 bridgehead atoms. The average Bonchev–Trinajstić information content (AvgIpc) is 3.50. The maximum atomic E-state index is 13.4. The maximum absolute atomic E-state index is 13.4. The molecule has 2 aliphatic rings. The lowest BCUT2D eigenvalue weighted by Crippen LogP contribution is -2.47. The zero-order valence-corrected chi connectivity index (χ0v) is 19.2. The maximum Gasteiger partial charge on any atom is 0.244 e. The molecule has 0 aliphatic carbocycles. The highest BCUT2D eigenvalue weighted by molar-refractivity contribution is 7.89. The van der Waals surface area contributed by atoms with E-state index in [0.29, 0.717) is 49.7 Å². The van der Waals surface area contributed by atoms with E-state index in [0.717, 1.165) is 22.0 Å². The van der Waals surface area contributed by atoms with E-state index >= 15 is 0 Å². The molecular formula is C22H25N3O4S2. The monoisotopic (exact) mass is 459 g/mol. The molecule has 0 radical (unpaired) electrons. The minimum atomic E-state index is -3.62. The summed E-state index contributed by atoms with van der Waals surface area (Å²) in [6.45, 7) is 3.78. The summed E-state index contributed by atoms with van der Waals surface area (Å²) < 4.78 is 41.8. The summed E-state index contributed by atoms with van der Waals surface area (Å²) in [6, 6.07) is 11.7. The fourth-order valence-electron chi connectivity index (χ4n) is 4.26. The molecule has 0 N–H and O–H groups in total. The van der Waals surface area contributed by atoms with E-state index in [1.165, 1.54) is 11.3 Å². The van der Waals surface area contributed by atoms with E-state index in [9.17, 15) is 8.42 Å². The topological polar surface area (TPSA) is 73.7 Å². The van der Waals surface area contributed by atoms with Crippen molar-refractivity contribution in [2.24, 2.45) is 7.05 Å². The second kappa shape index (κ2) is 7.83. The molecule has 0 unspecified atom stereocenters. The van der Waals surface area contributed by atoms with Gasteiger partial charge in [-0.15, -0.1) is 11.3 Å². The number of aromatic nitrogens is 2. The van der Waals surface area contributed by atoms with Crippen LogP contribution in [0.15, 0.2) is 46.7 Å². The Balaban J connectivity index is 1.43. The summed E-state index contributed by atoms with van der Waals surface area (Å²) in [5.74, 6) is -0.600. The minimum absolute atomic E-state index is 0.339. The Morgan fingerprint density at radius 1 is 1.10 bits per heavy atom. The standard InChI is InChI=1S/C22H25N3O4S2/c1-16-20(31(26,27)25-10-8-22(9-11-25)28-12-13-29-22)14-19(24(16)2)21-23-18(15-30-21)17-6-4-3-5-7-17/h3-7,14-15H,8-13H2,1-2H3. The SMILES string of the molecule is Cc1c(S(=O)(=O)N2CCC3(CC2)OCCO3)cc(-c2nc(-c3ccccc3)cs2)n1C. The van der Waals surface area contributed by atoms with Crippen LogP contribution in [0.1, 0.15) is 18.5 Å². The van der Waals surface area contributed by atoms with E-state index in [1.54, 1.807) is 10.4 Å². The summed E-state index contributed by atoms with van der Waals surface area (Å²) in [4.78, 5) is 5.10. The van der Waals surface area contributed by atoms with Gasteiger partial charge in [-0.05, 0) is 13.0 Å². The van der Waals surface area contributed by atoms with Crippen LogP contribution in [0.2, 0.25) is 0 Å². The molecule has 2 saturated heterocycles. The first-order valence-electron chi connectivity index (χ1n) is 10.4. The molecule has 164 valence electrons. The molecule has 2 aromatic heterocycles. The minimum Gasteiger partial charge on any atom is -0.347 e. The van der Waals surface area contributed by atoms with Crippen LogP contribution >= 0.6 is 11.3 Å². The van der Waals surface area contributed by atoms with Gasteiger partial charge in [-0.3, -0.25) is 0 Å². The first-order valence-corrected chi connectivity index (χ1v) is 12.7. The normalized spacial score (nSPS) is 19.3. The Hall–Kier alpha value is -2.04. The van der Waals surface area contributed by atoms with Crippen LogP contribution in [-0.2, 0) is 26.5 Å². The Morgan fingerprint density at radius 3 is 2.45 bits per heavy atom. The van der Waals surface area contributed by atoms with Gasteiger partial charge >= 0.3 is 0 Å². The molecule has 0 saturated carbocycles. The van der Waals surface area contributed by atoms with Gasteiger partial charge in [0.25, 0.3) is 0 Å². The summed E-state index contributed by atoms with van der Waals surface area (Å²) in [5.41, 5.74) is 3.45. The number of piperidine rings is 1. The quantitative estimate of drug-likeness (QED) is 0.595. The highest BCUT2D eigenvalue weighted by atomic mass is 32.2. The van der Waals surface area contributed by atoms with Crippen LogP contribution in [0.25, 0.3) is 22.0 Å². The predicted octanol–water partition coefficient (Wildman–Crippen LogP) is 3.65. The Kier molecular flexibility index (Phi) is 5.26. The van der Waals surface area contributed by atoms with Crippen LogP contribution in [0.3, 0.4) is 0 Å². The van der Waals surface area contributed by atoms with Gasteiger partial charge in [0, 0.05) is 49.6 Å². The molecule has 2 fully saturated rings. The number of hydrogen-bond donors (Lipinski definition) is 0. The molecule has 31 heavy (non-hydrogen) atoms. The number of thiazole rings is 1. The summed E-state index contributed by atoms with van der Waals surface area (Å²) in [5, 5.41) is 2.81. The zero-order chi connectivity index (χ0) is 21.6. The molecular weight excluding hydrogens is 434 g/mol. The molecule has 1 aromatic carbocycles. The van der Waals surface area contributed by atoms with Gasteiger partial charge in [-0.25, -0.2) is 13.4 Å². The highest BCUT2D eigenvalue weighted by Crippen LogP contribution is 2.36. The lowest BCUT2D eigenvalue weighted by atomic mass is 10.1. The van der Waals surface area contributed by atoms with Gasteiger partial charge in [-0.2, -0.15) is 4.31 Å². The van der Waals surface area contributed by atoms with Gasteiger partial charge in [0.1, 0.15) is 9.90 Å². The van der Waals surface area contributed by atoms with Gasteiger partial charge in [0.2, 0.25) is 10.0 Å². The number of benzene rings is 1. The van der Waals surface area contributed by atoms with Crippen LogP contribution in [-0.4, -0.2) is 54.4 Å². The van der Waals surface area contributed by atoms with Crippen molar-refractivity contribution in [3.63, 3.8) is 0 Å². The van der Waals surface area contributed by atoms with Crippen molar-refractivity contribution in [2.45, 2.75) is 30.4 Å². The molecule has 7 nitrogen and oxygen atoms in total. The fraction of sp³-hybridized carbons (Fsp3) is 0.409. The van der Waals surface area contributed by atoms with Gasteiger partial charge in [-0.1, -0.05) is 30.3 Å². The third-order valence-corrected chi connectivity index (χ3v) is 9.08. The molecule has 1 spiro atoms. The molecule has 5 rings (SSSR count). The molecule has 3 aromatic rings. The largest absolute Gasteiger partial charge is 0.347 e. The molecule has 0 atom stereocenters. The van der Waals surface area contributed by atoms with Crippen molar-refractivity contribution in [3.05, 3.63) is 47.5 Å². The lowest BCUT2D eigenvalue weighted by molar-refractivity contribution is -0.179. The highest BCUT2D eigenvalue weighted by Gasteiger charge is 2.43. The van der Waals surface area contributed by atoms with Crippen molar-refractivity contribution < 1.29 is 17.9 Å². The molecule has 0 amide bonds. The fourth-order valence-corrected chi connectivity index (χ4v) is 6.85. The molecule has 4 heterocycles. The summed E-state index contributed by atoms with van der Waals surface area (Å²) in [6.07, 6.45) is 1.11. The van der Waals surface area contributed by atoms with Crippen LogP contribution in [0.5, 0.6) is 0 Å². The van der Waals surface area contributed by atoms with Gasteiger partial charge in [0.15, 0.2) is 5.79 Å². The van der Waals surface area contributed by atoms with Crippen LogP contribution in [0, 0.1) is 6.92 Å². The summed E-state index contributed by atoms with van der Waals surface area (Å²) in [7, 11) is -1.73. The second-order valence-corrected chi connectivity index (χ2v) is 10.7. The third-order valence-electron chi connectivity index (χ3n) is 6.20. The smallest absolute Gasteiger partial charge is 0.244 e. The predicted molar refractivity (Wildman–Crippen MR) is 119 cm³/mol. The Morgan fingerprint density at radius 2 is 1.77 bits per heavy atom. The number of nitrogens with zero attached hydrogens (tertiary/aromatic N) is 3. The van der Waals surface area contributed by atoms with E-state index in [2.05, 4.69) is 0 Å². The Labute approximate surface area is 186 Å². The first kappa shape index (κ1) is 20.8. The number of rotatable bonds is 4. The van der Waals surface area contributed by atoms with E-state index in [1.807, 2.05) is 54.3 Å². The molecule has 9 heteroatoms. The van der Waals surface area contributed by atoms with Crippen molar-refractivity contribution in [3.8, 4) is 22.0 Å². The van der Waals surface area contributed by atoms with E-state index < -0.39 is 15.8 Å². The van der Waals surface area contributed by atoms with E-state index in [4.69, 9.17) is 14.5 Å². The zero-order valence-electron chi connectivity index (χ0n) is 17.6. The van der Waals surface area contributed by atoms with E-state index in [-0.39, 0.29) is 0 Å². The molecule has 2 aliphatic heterocycles. The Bertz CT molecular complexity index is 1180. The number of hydrogen-bond acceptors (Lipinski definition) is 6. The van der Waals surface area contributed by atoms with Crippen molar-refractivity contribution in [1.82, 2.24) is 13.9 Å². The van der Waals surface area contributed by atoms with Crippen molar-refractivity contribution in [2.75, 3.05) is 26.3 Å². The van der Waals surface area contributed by atoms with Gasteiger partial charge in [0.05, 0.1) is 24.6 Å². The summed E-state index contributed by atoms with van der Waals surface area (Å²) >= 11 is 1.52. The number of sulfonamides is 1. The first-order chi connectivity index (χ1) is 14.9. The number of ether oxygens (including phenoxy) is 2. The van der Waals surface area contributed by atoms with Crippen molar-refractivity contribution >= 4 is 21.4 Å². The van der Waals surface area contributed by atoms with Crippen molar-refractivity contribution in [1.29, 1.82) is 0 Å². The van der Waals surface area contributed by atoms with Crippen LogP contribution < -0.4 is 0 Å². The average molecular weight is 460 g/mol. The third kappa shape index (κ3) is 3.64. The van der Waals surface area contributed by atoms with Crippen LogP contribution in [0.4, 0.5) is 0 Å². The lowest BCUT2D eigenvalue weighted by Gasteiger charge is -2.36. The van der Waals surface area contributed by atoms with Gasteiger partial charge < -0.3 is 14.0 Å². The second-order valence-electron chi connectivity index (χ2n) is 7.95.